The molecule has 1 heterocycles. The molecule has 2 amide bonds. The Morgan fingerprint density at radius 3 is 2.26 bits per heavy atom. The number of para-hydroxylation sites is 1. The van der Waals surface area contributed by atoms with Gasteiger partial charge in [0.15, 0.2) is 0 Å². The average Bonchev–Trinajstić information content (AvgIpc) is 2.79. The average molecular weight is 424 g/mol. The Morgan fingerprint density at radius 1 is 0.968 bits per heavy atom. The van der Waals surface area contributed by atoms with E-state index in [9.17, 15) is 14.4 Å². The highest BCUT2D eigenvalue weighted by atomic mass is 16.6. The number of hydrogen-bond donors (Lipinski definition) is 1. The van der Waals surface area contributed by atoms with E-state index in [-0.39, 0.29) is 19.2 Å². The van der Waals surface area contributed by atoms with Gasteiger partial charge in [-0.3, -0.25) is 4.90 Å². The number of ether oxygens (including phenoxy) is 3. The Kier molecular flexibility index (Phi) is 7.04. The van der Waals surface area contributed by atoms with Crippen molar-refractivity contribution >= 4 is 23.7 Å². The van der Waals surface area contributed by atoms with Crippen molar-refractivity contribution in [1.29, 1.82) is 0 Å². The molecule has 0 spiro atoms. The summed E-state index contributed by atoms with van der Waals surface area (Å²) in [4.78, 5) is 39.1. The largest absolute Gasteiger partial charge is 0.465 e. The highest BCUT2D eigenvalue weighted by molar-refractivity contribution is 6.03. The van der Waals surface area contributed by atoms with Crippen LogP contribution in [-0.4, -0.2) is 45.4 Å². The molecule has 8 heteroatoms. The molecule has 1 aliphatic rings. The summed E-state index contributed by atoms with van der Waals surface area (Å²) in [5, 5.41) is 2.88. The van der Waals surface area contributed by atoms with Crippen LogP contribution in [0.3, 0.4) is 0 Å². The van der Waals surface area contributed by atoms with Gasteiger partial charge in [-0.05, 0) is 36.8 Å². The standard InChI is InChI=1S/C23H24N2O6/c1-15-19(22(27)31-14-13-29-2)20(16-9-11-17(12-10-16)21(26)30-3)24-23(28)25(15)18-7-5-4-6-8-18/h4-12,20H,13-14H2,1-3H3,(H,24,28)/t20-/m1/s1. The van der Waals surface area contributed by atoms with Crippen molar-refractivity contribution in [2.75, 3.05) is 32.3 Å². The molecule has 1 N–H and O–H groups in total. The van der Waals surface area contributed by atoms with E-state index in [2.05, 4.69) is 5.32 Å². The third-order valence-electron chi connectivity index (χ3n) is 4.90. The summed E-state index contributed by atoms with van der Waals surface area (Å²) in [7, 11) is 2.82. The van der Waals surface area contributed by atoms with Gasteiger partial charge in [-0.25, -0.2) is 14.4 Å². The lowest BCUT2D eigenvalue weighted by Gasteiger charge is -2.35. The number of carbonyl (C=O) groups excluding carboxylic acids is 3. The number of methoxy groups -OCH3 is 2. The minimum atomic E-state index is -0.741. The Morgan fingerprint density at radius 2 is 1.65 bits per heavy atom. The maximum Gasteiger partial charge on any atom is 0.338 e. The molecule has 2 aromatic rings. The molecular formula is C23H24N2O6. The summed E-state index contributed by atoms with van der Waals surface area (Å²) in [6.07, 6.45) is 0. The number of benzene rings is 2. The molecular weight excluding hydrogens is 400 g/mol. The lowest BCUT2D eigenvalue weighted by atomic mass is 9.94. The van der Waals surface area contributed by atoms with Crippen LogP contribution in [-0.2, 0) is 19.0 Å². The first kappa shape index (κ1) is 22.0. The molecule has 0 radical (unpaired) electrons. The fourth-order valence-electron chi connectivity index (χ4n) is 3.37. The third-order valence-corrected chi connectivity index (χ3v) is 4.90. The first-order valence-electron chi connectivity index (χ1n) is 9.68. The molecule has 3 rings (SSSR count). The van der Waals surface area contributed by atoms with Crippen LogP contribution in [0.2, 0.25) is 0 Å². The summed E-state index contributed by atoms with van der Waals surface area (Å²) >= 11 is 0. The van der Waals surface area contributed by atoms with Gasteiger partial charge in [0.05, 0.1) is 36.6 Å². The van der Waals surface area contributed by atoms with Crippen molar-refractivity contribution in [2.45, 2.75) is 13.0 Å². The Bertz CT molecular complexity index is 985. The first-order valence-corrected chi connectivity index (χ1v) is 9.68. The predicted molar refractivity (Wildman–Crippen MR) is 114 cm³/mol. The number of rotatable bonds is 7. The predicted octanol–water partition coefficient (Wildman–Crippen LogP) is 3.21. The van der Waals surface area contributed by atoms with Crippen LogP contribution >= 0.6 is 0 Å². The number of urea groups is 1. The van der Waals surface area contributed by atoms with E-state index in [1.807, 2.05) is 18.2 Å². The molecule has 0 saturated carbocycles. The van der Waals surface area contributed by atoms with E-state index in [4.69, 9.17) is 14.2 Å². The minimum Gasteiger partial charge on any atom is -0.465 e. The summed E-state index contributed by atoms with van der Waals surface area (Å²) in [6.45, 7) is 2.04. The van der Waals surface area contributed by atoms with Crippen molar-refractivity contribution in [1.82, 2.24) is 5.32 Å². The number of anilines is 1. The van der Waals surface area contributed by atoms with Crippen LogP contribution in [0.4, 0.5) is 10.5 Å². The molecule has 0 saturated heterocycles. The monoisotopic (exact) mass is 424 g/mol. The molecule has 0 fully saturated rings. The van der Waals surface area contributed by atoms with Gasteiger partial charge in [0, 0.05) is 12.8 Å². The van der Waals surface area contributed by atoms with Crippen molar-refractivity contribution in [3.05, 3.63) is 77.0 Å². The summed E-state index contributed by atoms with van der Waals surface area (Å²) in [6, 6.07) is 14.4. The SMILES string of the molecule is COCCOC(=O)C1=C(C)N(c2ccccc2)C(=O)N[C@@H]1c1ccc(C(=O)OC)cc1. The number of amides is 2. The van der Waals surface area contributed by atoms with Crippen LogP contribution in [0.5, 0.6) is 0 Å². The van der Waals surface area contributed by atoms with Crippen molar-refractivity contribution in [3.63, 3.8) is 0 Å². The van der Waals surface area contributed by atoms with Crippen molar-refractivity contribution in [3.8, 4) is 0 Å². The lowest BCUT2D eigenvalue weighted by molar-refractivity contribution is -0.140. The number of carbonyl (C=O) groups is 3. The van der Waals surface area contributed by atoms with Gasteiger partial charge in [0.2, 0.25) is 0 Å². The van der Waals surface area contributed by atoms with E-state index < -0.39 is 18.0 Å². The zero-order chi connectivity index (χ0) is 22.4. The highest BCUT2D eigenvalue weighted by Gasteiger charge is 2.37. The van der Waals surface area contributed by atoms with Gasteiger partial charge < -0.3 is 19.5 Å². The van der Waals surface area contributed by atoms with Gasteiger partial charge in [0.1, 0.15) is 6.61 Å². The van der Waals surface area contributed by atoms with Gasteiger partial charge in [-0.1, -0.05) is 30.3 Å². The summed E-state index contributed by atoms with van der Waals surface area (Å²) in [5.74, 6) is -1.03. The molecule has 31 heavy (non-hydrogen) atoms. The third kappa shape index (κ3) is 4.75. The van der Waals surface area contributed by atoms with Gasteiger partial charge in [-0.2, -0.15) is 0 Å². The number of hydrogen-bond acceptors (Lipinski definition) is 6. The zero-order valence-electron chi connectivity index (χ0n) is 17.6. The molecule has 1 atom stereocenters. The molecule has 8 nitrogen and oxygen atoms in total. The molecule has 1 aliphatic heterocycles. The van der Waals surface area contributed by atoms with Gasteiger partial charge >= 0.3 is 18.0 Å². The van der Waals surface area contributed by atoms with E-state index in [1.54, 1.807) is 43.3 Å². The van der Waals surface area contributed by atoms with Crippen molar-refractivity contribution in [2.24, 2.45) is 0 Å². The second-order valence-corrected chi connectivity index (χ2v) is 6.79. The molecule has 0 unspecified atom stereocenters. The lowest BCUT2D eigenvalue weighted by Crippen LogP contribution is -2.48. The maximum absolute atomic E-state index is 13.0. The van der Waals surface area contributed by atoms with Crippen LogP contribution in [0.15, 0.2) is 65.9 Å². The van der Waals surface area contributed by atoms with Crippen LogP contribution in [0, 0.1) is 0 Å². The van der Waals surface area contributed by atoms with E-state index in [1.165, 1.54) is 19.1 Å². The second-order valence-electron chi connectivity index (χ2n) is 6.79. The molecule has 162 valence electrons. The molecule has 0 aromatic heterocycles. The van der Waals surface area contributed by atoms with E-state index >= 15 is 0 Å². The number of esters is 2. The van der Waals surface area contributed by atoms with E-state index in [0.29, 0.717) is 28.1 Å². The normalized spacial score (nSPS) is 16.0. The molecule has 2 aromatic carbocycles. The number of nitrogens with zero attached hydrogens (tertiary/aromatic N) is 1. The Hall–Kier alpha value is -3.65. The van der Waals surface area contributed by atoms with Crippen LogP contribution in [0.25, 0.3) is 0 Å². The molecule has 0 bridgehead atoms. The van der Waals surface area contributed by atoms with Crippen LogP contribution in [0.1, 0.15) is 28.9 Å². The number of allylic oxidation sites excluding steroid dienone is 1. The molecule has 0 aliphatic carbocycles. The van der Waals surface area contributed by atoms with Gasteiger partial charge in [-0.15, -0.1) is 0 Å². The summed E-state index contributed by atoms with van der Waals surface area (Å²) in [5.41, 5.74) is 2.37. The second kappa shape index (κ2) is 9.90. The van der Waals surface area contributed by atoms with Crippen molar-refractivity contribution < 1.29 is 28.6 Å². The fourth-order valence-corrected chi connectivity index (χ4v) is 3.37. The van der Waals surface area contributed by atoms with E-state index in [0.717, 1.165) is 0 Å². The maximum atomic E-state index is 13.0. The first-order chi connectivity index (χ1) is 15.0. The minimum absolute atomic E-state index is 0.0827. The highest BCUT2D eigenvalue weighted by Crippen LogP contribution is 2.34. The Balaban J connectivity index is 2.03. The fraction of sp³-hybridized carbons (Fsp3) is 0.261. The smallest absolute Gasteiger partial charge is 0.338 e. The number of nitrogens with one attached hydrogen (secondary N) is 1. The van der Waals surface area contributed by atoms with Gasteiger partial charge in [0.25, 0.3) is 0 Å². The topological polar surface area (TPSA) is 94.2 Å². The summed E-state index contributed by atoms with van der Waals surface area (Å²) < 4.78 is 15.0. The Labute approximate surface area is 180 Å². The quantitative estimate of drug-likeness (QED) is 0.542. The zero-order valence-corrected chi connectivity index (χ0v) is 17.6. The van der Waals surface area contributed by atoms with Crippen LogP contribution < -0.4 is 10.2 Å².